The second kappa shape index (κ2) is 8.21. The molecule has 3 aromatic rings. The molecule has 0 aromatic heterocycles. The van der Waals surface area contributed by atoms with Crippen molar-refractivity contribution in [3.05, 3.63) is 84.4 Å². The predicted octanol–water partition coefficient (Wildman–Crippen LogP) is 4.34. The number of rotatable bonds is 7. The van der Waals surface area contributed by atoms with Gasteiger partial charge in [-0.05, 0) is 29.7 Å². The second-order valence-corrected chi connectivity index (χ2v) is 5.79. The Hall–Kier alpha value is -3.27. The molecule has 0 spiro atoms. The smallest absolute Gasteiger partial charge is 0.251 e. The topological polar surface area (TPSA) is 47.6 Å². The summed E-state index contributed by atoms with van der Waals surface area (Å²) in [5, 5.41) is 4.94. The van der Waals surface area contributed by atoms with Gasteiger partial charge in [0.15, 0.2) is 0 Å². The zero-order valence-electron chi connectivity index (χ0n) is 14.7. The molecule has 0 heterocycles. The van der Waals surface area contributed by atoms with Crippen molar-refractivity contribution in [1.82, 2.24) is 5.32 Å². The Bertz CT molecular complexity index is 928. The molecule has 0 saturated heterocycles. The number of hydrogen-bond acceptors (Lipinski definition) is 3. The average molecular weight is 347 g/mol. The number of hydrogen-bond donors (Lipinski definition) is 1. The van der Waals surface area contributed by atoms with Gasteiger partial charge in [0.2, 0.25) is 0 Å². The molecule has 0 aliphatic rings. The Morgan fingerprint density at radius 1 is 1.08 bits per heavy atom. The Morgan fingerprint density at radius 3 is 2.69 bits per heavy atom. The SMILES string of the molecule is C=CCNC(=O)c1ccc(OC)c(COc2cccc3ccccc23)c1. The third-order valence-electron chi connectivity index (χ3n) is 4.08. The summed E-state index contributed by atoms with van der Waals surface area (Å²) >= 11 is 0. The summed E-state index contributed by atoms with van der Waals surface area (Å²) in [7, 11) is 1.61. The molecular weight excluding hydrogens is 326 g/mol. The Balaban J connectivity index is 1.84. The van der Waals surface area contributed by atoms with Crippen molar-refractivity contribution in [2.24, 2.45) is 0 Å². The fraction of sp³-hybridized carbons (Fsp3) is 0.136. The molecule has 1 N–H and O–H groups in total. The Morgan fingerprint density at radius 2 is 1.88 bits per heavy atom. The van der Waals surface area contributed by atoms with E-state index < -0.39 is 0 Å². The molecule has 0 atom stereocenters. The first kappa shape index (κ1) is 17.5. The lowest BCUT2D eigenvalue weighted by Gasteiger charge is -2.13. The molecular formula is C22H21NO3. The van der Waals surface area contributed by atoms with E-state index >= 15 is 0 Å². The third-order valence-corrected chi connectivity index (χ3v) is 4.08. The monoisotopic (exact) mass is 347 g/mol. The summed E-state index contributed by atoms with van der Waals surface area (Å²) in [5.41, 5.74) is 1.37. The first-order valence-corrected chi connectivity index (χ1v) is 8.39. The summed E-state index contributed by atoms with van der Waals surface area (Å²) in [6, 6.07) is 19.3. The molecule has 3 aromatic carbocycles. The van der Waals surface area contributed by atoms with Crippen LogP contribution in [0.1, 0.15) is 15.9 Å². The first-order valence-electron chi connectivity index (χ1n) is 8.39. The number of benzene rings is 3. The van der Waals surface area contributed by atoms with Crippen LogP contribution in [0.5, 0.6) is 11.5 Å². The van der Waals surface area contributed by atoms with E-state index in [1.54, 1.807) is 31.4 Å². The van der Waals surface area contributed by atoms with Crippen LogP contribution in [0.4, 0.5) is 0 Å². The average Bonchev–Trinajstić information content (AvgIpc) is 2.70. The number of fused-ring (bicyclic) bond motifs is 1. The van der Waals surface area contributed by atoms with Crippen molar-refractivity contribution in [2.45, 2.75) is 6.61 Å². The molecule has 26 heavy (non-hydrogen) atoms. The summed E-state index contributed by atoms with van der Waals surface area (Å²) < 4.78 is 11.4. The van der Waals surface area contributed by atoms with E-state index in [1.165, 1.54) is 0 Å². The lowest BCUT2D eigenvalue weighted by Crippen LogP contribution is -2.23. The minimum Gasteiger partial charge on any atom is -0.496 e. The van der Waals surface area contributed by atoms with Gasteiger partial charge in [0.25, 0.3) is 5.91 Å². The third kappa shape index (κ3) is 3.86. The Labute approximate surface area is 153 Å². The van der Waals surface area contributed by atoms with E-state index in [4.69, 9.17) is 9.47 Å². The highest BCUT2D eigenvalue weighted by atomic mass is 16.5. The van der Waals surface area contributed by atoms with Gasteiger partial charge in [0, 0.05) is 23.1 Å². The van der Waals surface area contributed by atoms with Gasteiger partial charge in [0.1, 0.15) is 18.1 Å². The number of amides is 1. The summed E-state index contributed by atoms with van der Waals surface area (Å²) in [6.45, 7) is 4.33. The van der Waals surface area contributed by atoms with E-state index in [1.807, 2.05) is 42.5 Å². The normalized spacial score (nSPS) is 10.3. The van der Waals surface area contributed by atoms with Gasteiger partial charge in [-0.1, -0.05) is 42.5 Å². The van der Waals surface area contributed by atoms with E-state index in [-0.39, 0.29) is 5.91 Å². The number of methoxy groups -OCH3 is 1. The van der Waals surface area contributed by atoms with Crippen LogP contribution in [0.25, 0.3) is 10.8 Å². The molecule has 4 heteroatoms. The maximum Gasteiger partial charge on any atom is 0.251 e. The summed E-state index contributed by atoms with van der Waals surface area (Å²) in [6.07, 6.45) is 1.64. The van der Waals surface area contributed by atoms with E-state index in [2.05, 4.69) is 11.9 Å². The predicted molar refractivity (Wildman–Crippen MR) is 104 cm³/mol. The van der Waals surface area contributed by atoms with Gasteiger partial charge < -0.3 is 14.8 Å². The number of carbonyl (C=O) groups excluding carboxylic acids is 1. The van der Waals surface area contributed by atoms with Gasteiger partial charge in [-0.3, -0.25) is 4.79 Å². The lowest BCUT2D eigenvalue weighted by molar-refractivity contribution is 0.0958. The fourth-order valence-corrected chi connectivity index (χ4v) is 2.78. The van der Waals surface area contributed by atoms with Gasteiger partial charge in [0.05, 0.1) is 7.11 Å². The van der Waals surface area contributed by atoms with Crippen molar-refractivity contribution in [3.8, 4) is 11.5 Å². The molecule has 0 fully saturated rings. The first-order chi connectivity index (χ1) is 12.7. The summed E-state index contributed by atoms with van der Waals surface area (Å²) in [4.78, 5) is 12.2. The van der Waals surface area contributed by atoms with Gasteiger partial charge in [-0.2, -0.15) is 0 Å². The molecule has 0 unspecified atom stereocenters. The van der Waals surface area contributed by atoms with E-state index in [0.29, 0.717) is 24.5 Å². The van der Waals surface area contributed by atoms with Crippen LogP contribution in [0, 0.1) is 0 Å². The molecule has 0 saturated carbocycles. The van der Waals surface area contributed by atoms with Crippen molar-refractivity contribution in [3.63, 3.8) is 0 Å². The van der Waals surface area contributed by atoms with Crippen molar-refractivity contribution in [2.75, 3.05) is 13.7 Å². The molecule has 4 nitrogen and oxygen atoms in total. The van der Waals surface area contributed by atoms with Crippen molar-refractivity contribution in [1.29, 1.82) is 0 Å². The minimum absolute atomic E-state index is 0.154. The quantitative estimate of drug-likeness (QED) is 0.647. The van der Waals surface area contributed by atoms with Gasteiger partial charge in [-0.25, -0.2) is 0 Å². The Kier molecular flexibility index (Phi) is 5.54. The molecule has 0 aliphatic carbocycles. The van der Waals surface area contributed by atoms with E-state index in [9.17, 15) is 4.79 Å². The van der Waals surface area contributed by atoms with Crippen LogP contribution in [-0.4, -0.2) is 19.6 Å². The van der Waals surface area contributed by atoms with Crippen molar-refractivity contribution < 1.29 is 14.3 Å². The zero-order valence-corrected chi connectivity index (χ0v) is 14.7. The van der Waals surface area contributed by atoms with Crippen LogP contribution < -0.4 is 14.8 Å². The van der Waals surface area contributed by atoms with Gasteiger partial charge >= 0.3 is 0 Å². The van der Waals surface area contributed by atoms with E-state index in [0.717, 1.165) is 22.1 Å². The molecule has 1 amide bonds. The minimum atomic E-state index is -0.154. The standard InChI is InChI=1S/C22H21NO3/c1-3-13-23-22(24)17-11-12-20(25-2)18(14-17)15-26-21-10-6-8-16-7-4-5-9-19(16)21/h3-12,14H,1,13,15H2,2H3,(H,23,24). The van der Waals surface area contributed by atoms with Gasteiger partial charge in [-0.15, -0.1) is 6.58 Å². The van der Waals surface area contributed by atoms with Crippen LogP contribution in [-0.2, 0) is 6.61 Å². The number of ether oxygens (including phenoxy) is 2. The van der Waals surface area contributed by atoms with Crippen molar-refractivity contribution >= 4 is 16.7 Å². The molecule has 0 radical (unpaired) electrons. The fourth-order valence-electron chi connectivity index (χ4n) is 2.78. The second-order valence-electron chi connectivity index (χ2n) is 5.79. The zero-order chi connectivity index (χ0) is 18.4. The number of nitrogens with one attached hydrogen (secondary N) is 1. The van der Waals surface area contributed by atoms with Crippen LogP contribution in [0.2, 0.25) is 0 Å². The van der Waals surface area contributed by atoms with Crippen LogP contribution in [0.15, 0.2) is 73.3 Å². The highest BCUT2D eigenvalue weighted by Crippen LogP contribution is 2.28. The maximum absolute atomic E-state index is 12.2. The number of carbonyl (C=O) groups is 1. The highest BCUT2D eigenvalue weighted by molar-refractivity contribution is 5.94. The summed E-state index contributed by atoms with van der Waals surface area (Å²) in [5.74, 6) is 1.33. The molecule has 0 aliphatic heterocycles. The maximum atomic E-state index is 12.2. The molecule has 132 valence electrons. The highest BCUT2D eigenvalue weighted by Gasteiger charge is 2.11. The largest absolute Gasteiger partial charge is 0.496 e. The van der Waals surface area contributed by atoms with Crippen LogP contribution >= 0.6 is 0 Å². The molecule has 3 rings (SSSR count). The van der Waals surface area contributed by atoms with Crippen LogP contribution in [0.3, 0.4) is 0 Å². The molecule has 0 bridgehead atoms. The lowest BCUT2D eigenvalue weighted by atomic mass is 10.1.